The number of nitrogens with zero attached hydrogens (tertiary/aromatic N) is 3. The molecular weight excluding hydrogens is 290 g/mol. The first-order valence-corrected chi connectivity index (χ1v) is 6.94. The number of carboxylic acid groups (broad SMARTS) is 1. The zero-order valence-electron chi connectivity index (χ0n) is 10.8. The third-order valence-corrected chi connectivity index (χ3v) is 3.86. The Bertz CT molecular complexity index is 459. The highest BCUT2D eigenvalue weighted by Crippen LogP contribution is 2.26. The number of hydrogen-bond donors (Lipinski definition) is 1. The maximum absolute atomic E-state index is 10.9. The van der Waals surface area contributed by atoms with Gasteiger partial charge in [0.2, 0.25) is 0 Å². The molecule has 2 unspecified atom stereocenters. The summed E-state index contributed by atoms with van der Waals surface area (Å²) in [5, 5.41) is 20.1. The summed E-state index contributed by atoms with van der Waals surface area (Å²) >= 11 is 6.85. The van der Waals surface area contributed by atoms with Crippen LogP contribution in [0.3, 0.4) is 0 Å². The lowest BCUT2D eigenvalue weighted by atomic mass is 10.3. The molecule has 1 N–H and O–H groups in total. The fourth-order valence-corrected chi connectivity index (χ4v) is 2.28. The van der Waals surface area contributed by atoms with Crippen LogP contribution >= 0.6 is 23.4 Å². The molecule has 0 fully saturated rings. The van der Waals surface area contributed by atoms with Crippen molar-refractivity contribution in [3.63, 3.8) is 0 Å². The Labute approximate surface area is 120 Å². The highest BCUT2D eigenvalue weighted by atomic mass is 35.5. The van der Waals surface area contributed by atoms with E-state index < -0.39 is 17.4 Å². The maximum atomic E-state index is 10.9. The largest absolute Gasteiger partial charge is 0.549 e. The average molecular weight is 305 g/mol. The normalized spacial score (nSPS) is 13.9. The zero-order chi connectivity index (χ0) is 14.6. The number of carbonyl (C=O) groups is 1. The van der Waals surface area contributed by atoms with Crippen LogP contribution in [0, 0.1) is 0 Å². The van der Waals surface area contributed by atoms with Crippen LogP contribution in [0.15, 0.2) is 11.2 Å². The molecule has 0 radical (unpaired) electrons. The van der Waals surface area contributed by atoms with Gasteiger partial charge < -0.3 is 19.9 Å². The molecule has 1 aromatic heterocycles. The summed E-state index contributed by atoms with van der Waals surface area (Å²) in [6, 6.07) is 1.50. The second kappa shape index (κ2) is 6.93. The SMILES string of the molecule is CCC(Sc1nc(Cl)cc(N(C)C(C)O)n1)C(=O)[O-]. The number of carbonyl (C=O) groups excluding carboxylic acids is 1. The van der Waals surface area contributed by atoms with Crippen molar-refractivity contribution in [1.82, 2.24) is 9.97 Å². The molecule has 0 spiro atoms. The van der Waals surface area contributed by atoms with Crippen LogP contribution in [0.4, 0.5) is 5.82 Å². The number of aromatic nitrogens is 2. The number of thioether (sulfide) groups is 1. The van der Waals surface area contributed by atoms with E-state index in [1.165, 1.54) is 11.0 Å². The first kappa shape index (κ1) is 16.0. The molecule has 0 amide bonds. The maximum Gasteiger partial charge on any atom is 0.191 e. The first-order chi connectivity index (χ1) is 8.85. The molecule has 1 heterocycles. The Morgan fingerprint density at radius 2 is 2.26 bits per heavy atom. The molecule has 106 valence electrons. The van der Waals surface area contributed by atoms with Gasteiger partial charge in [0, 0.05) is 13.1 Å². The number of carboxylic acids is 1. The number of anilines is 1. The van der Waals surface area contributed by atoms with E-state index in [2.05, 4.69) is 9.97 Å². The minimum atomic E-state index is -1.17. The van der Waals surface area contributed by atoms with Crippen molar-refractivity contribution in [2.75, 3.05) is 11.9 Å². The fourth-order valence-electron chi connectivity index (χ4n) is 1.24. The summed E-state index contributed by atoms with van der Waals surface area (Å²) in [5.41, 5.74) is 0. The van der Waals surface area contributed by atoms with Gasteiger partial charge in [0.15, 0.2) is 5.16 Å². The topological polar surface area (TPSA) is 89.4 Å². The number of halogens is 1. The molecule has 0 saturated carbocycles. The van der Waals surface area contributed by atoms with Gasteiger partial charge in [-0.05, 0) is 13.3 Å². The lowest BCUT2D eigenvalue weighted by Gasteiger charge is -2.22. The van der Waals surface area contributed by atoms with E-state index in [0.29, 0.717) is 12.2 Å². The second-order valence-corrected chi connectivity index (χ2v) is 5.47. The van der Waals surface area contributed by atoms with Crippen molar-refractivity contribution in [1.29, 1.82) is 0 Å². The van der Waals surface area contributed by atoms with Crippen LogP contribution in [0.25, 0.3) is 0 Å². The zero-order valence-corrected chi connectivity index (χ0v) is 12.4. The lowest BCUT2D eigenvalue weighted by Crippen LogP contribution is -2.33. The standard InChI is InChI=1S/C11H16ClN3O3S/c1-4-7(10(17)18)19-11-13-8(12)5-9(14-11)15(3)6(2)16/h5-7,16H,4H2,1-3H3,(H,17,18)/p-1. The smallest absolute Gasteiger partial charge is 0.191 e. The summed E-state index contributed by atoms with van der Waals surface area (Å²) in [7, 11) is 1.65. The number of rotatable bonds is 6. The van der Waals surface area contributed by atoms with Crippen molar-refractivity contribution in [2.24, 2.45) is 0 Å². The fraction of sp³-hybridized carbons (Fsp3) is 0.545. The van der Waals surface area contributed by atoms with Gasteiger partial charge >= 0.3 is 0 Å². The summed E-state index contributed by atoms with van der Waals surface area (Å²) in [6.07, 6.45) is -0.350. The van der Waals surface area contributed by atoms with Gasteiger partial charge in [-0.1, -0.05) is 30.3 Å². The molecule has 1 aromatic rings. The number of aliphatic hydroxyl groups excluding tert-OH is 1. The summed E-state index contributed by atoms with van der Waals surface area (Å²) in [6.45, 7) is 3.32. The van der Waals surface area contributed by atoms with E-state index in [1.807, 2.05) is 0 Å². The molecule has 0 saturated heterocycles. The molecule has 6 nitrogen and oxygen atoms in total. The third kappa shape index (κ3) is 4.52. The van der Waals surface area contributed by atoms with Crippen molar-refractivity contribution < 1.29 is 15.0 Å². The van der Waals surface area contributed by atoms with Crippen LogP contribution in [0.5, 0.6) is 0 Å². The Kier molecular flexibility index (Phi) is 5.84. The van der Waals surface area contributed by atoms with Crippen LogP contribution in [0.1, 0.15) is 20.3 Å². The van der Waals surface area contributed by atoms with Crippen molar-refractivity contribution in [3.05, 3.63) is 11.2 Å². The molecule has 19 heavy (non-hydrogen) atoms. The van der Waals surface area contributed by atoms with E-state index in [-0.39, 0.29) is 10.3 Å². The lowest BCUT2D eigenvalue weighted by molar-refractivity contribution is -0.304. The van der Waals surface area contributed by atoms with Gasteiger partial charge in [-0.3, -0.25) is 0 Å². The van der Waals surface area contributed by atoms with Gasteiger partial charge in [0.25, 0.3) is 0 Å². The molecule has 0 aliphatic heterocycles. The summed E-state index contributed by atoms with van der Waals surface area (Å²) < 4.78 is 0. The summed E-state index contributed by atoms with van der Waals surface area (Å²) in [5.74, 6) is -0.743. The van der Waals surface area contributed by atoms with Crippen molar-refractivity contribution in [2.45, 2.75) is 36.9 Å². The van der Waals surface area contributed by atoms with E-state index in [0.717, 1.165) is 11.8 Å². The molecule has 8 heteroatoms. The van der Waals surface area contributed by atoms with Crippen LogP contribution in [0.2, 0.25) is 5.15 Å². The predicted molar refractivity (Wildman–Crippen MR) is 72.1 cm³/mol. The molecular formula is C11H15ClN3O3S-. The second-order valence-electron chi connectivity index (χ2n) is 3.91. The monoisotopic (exact) mass is 304 g/mol. The van der Waals surface area contributed by atoms with Gasteiger partial charge in [-0.25, -0.2) is 9.97 Å². The first-order valence-electron chi connectivity index (χ1n) is 5.68. The van der Waals surface area contributed by atoms with Gasteiger partial charge in [0.05, 0.1) is 11.2 Å². The van der Waals surface area contributed by atoms with Crippen LogP contribution in [-0.2, 0) is 4.79 Å². The predicted octanol–water partition coefficient (Wildman–Crippen LogP) is 0.525. The minimum absolute atomic E-state index is 0.188. The van der Waals surface area contributed by atoms with Crippen molar-refractivity contribution >= 4 is 35.1 Å². The van der Waals surface area contributed by atoms with E-state index >= 15 is 0 Å². The molecule has 1 rings (SSSR count). The Morgan fingerprint density at radius 1 is 1.63 bits per heavy atom. The van der Waals surface area contributed by atoms with Gasteiger partial charge in [0.1, 0.15) is 17.2 Å². The Balaban J connectivity index is 2.99. The van der Waals surface area contributed by atoms with E-state index in [1.54, 1.807) is 20.9 Å². The number of aliphatic carboxylic acids is 1. The van der Waals surface area contributed by atoms with Crippen molar-refractivity contribution in [3.8, 4) is 0 Å². The number of aliphatic hydroxyl groups is 1. The van der Waals surface area contributed by atoms with Crippen LogP contribution < -0.4 is 10.0 Å². The Morgan fingerprint density at radius 3 is 2.74 bits per heavy atom. The highest BCUT2D eigenvalue weighted by molar-refractivity contribution is 8.00. The minimum Gasteiger partial charge on any atom is -0.549 e. The highest BCUT2D eigenvalue weighted by Gasteiger charge is 2.15. The Hall–Kier alpha value is -1.05. The molecule has 0 aliphatic carbocycles. The van der Waals surface area contributed by atoms with Gasteiger partial charge in [-0.15, -0.1) is 0 Å². The summed E-state index contributed by atoms with van der Waals surface area (Å²) in [4.78, 5) is 20.5. The number of hydrogen-bond acceptors (Lipinski definition) is 7. The molecule has 0 aromatic carbocycles. The quantitative estimate of drug-likeness (QED) is 0.355. The van der Waals surface area contributed by atoms with E-state index in [9.17, 15) is 15.0 Å². The molecule has 0 aliphatic rings. The molecule has 0 bridgehead atoms. The van der Waals surface area contributed by atoms with E-state index in [4.69, 9.17) is 11.6 Å². The third-order valence-electron chi connectivity index (χ3n) is 2.46. The molecule has 2 atom stereocenters. The van der Waals surface area contributed by atoms with Crippen LogP contribution in [-0.4, -0.2) is 39.6 Å². The van der Waals surface area contributed by atoms with Gasteiger partial charge in [-0.2, -0.15) is 0 Å². The average Bonchev–Trinajstić information content (AvgIpc) is 2.33.